The molecule has 0 bridgehead atoms. The molecule has 1 atom stereocenters. The molecule has 0 spiro atoms. The van der Waals surface area contributed by atoms with Crippen molar-refractivity contribution in [3.05, 3.63) is 70.6 Å². The monoisotopic (exact) mass is 379 g/mol. The Morgan fingerprint density at radius 2 is 2.11 bits per heavy atom. The Balaban J connectivity index is 1.39. The van der Waals surface area contributed by atoms with Crippen LogP contribution in [0.15, 0.2) is 59.1 Å². The molecule has 0 aliphatic carbocycles. The van der Waals surface area contributed by atoms with Crippen LogP contribution in [0.4, 0.5) is 11.5 Å². The van der Waals surface area contributed by atoms with E-state index in [4.69, 9.17) is 4.42 Å². The van der Waals surface area contributed by atoms with Gasteiger partial charge < -0.3 is 14.6 Å². The molecule has 0 radical (unpaired) electrons. The lowest BCUT2D eigenvalue weighted by Crippen LogP contribution is -2.45. The summed E-state index contributed by atoms with van der Waals surface area (Å²) in [4.78, 5) is 13.1. The number of hydrogen-bond acceptors (Lipinski definition) is 7. The first-order chi connectivity index (χ1) is 13.7. The maximum atomic E-state index is 11.2. The fourth-order valence-corrected chi connectivity index (χ4v) is 3.52. The van der Waals surface area contributed by atoms with E-state index >= 15 is 0 Å². The zero-order valence-electron chi connectivity index (χ0n) is 15.3. The second kappa shape index (κ2) is 8.18. The highest BCUT2D eigenvalue weighted by Crippen LogP contribution is 2.30. The van der Waals surface area contributed by atoms with Gasteiger partial charge >= 0.3 is 0 Å². The highest BCUT2D eigenvalue weighted by Gasteiger charge is 2.21. The molecule has 0 saturated carbocycles. The van der Waals surface area contributed by atoms with Crippen LogP contribution in [0.3, 0.4) is 0 Å². The van der Waals surface area contributed by atoms with E-state index in [9.17, 15) is 10.1 Å². The maximum Gasteiger partial charge on any atom is 0.280 e. The van der Waals surface area contributed by atoms with Crippen molar-refractivity contribution >= 4 is 11.5 Å². The van der Waals surface area contributed by atoms with Gasteiger partial charge in [0.25, 0.3) is 5.69 Å². The van der Waals surface area contributed by atoms with Crippen molar-refractivity contribution in [2.24, 2.45) is 0 Å². The molecule has 2 aromatic heterocycles. The zero-order valence-corrected chi connectivity index (χ0v) is 15.3. The van der Waals surface area contributed by atoms with Crippen molar-refractivity contribution in [1.29, 1.82) is 0 Å². The molecule has 1 aliphatic heterocycles. The van der Waals surface area contributed by atoms with Crippen LogP contribution in [-0.2, 0) is 6.54 Å². The summed E-state index contributed by atoms with van der Waals surface area (Å²) in [5, 5.41) is 22.9. The predicted octanol–water partition coefficient (Wildman–Crippen LogP) is 3.40. The molecule has 0 amide bonds. The Labute approximate surface area is 162 Å². The summed E-state index contributed by atoms with van der Waals surface area (Å²) in [6, 6.07) is 14.4. The minimum atomic E-state index is -0.390. The van der Waals surface area contributed by atoms with Crippen molar-refractivity contribution in [2.75, 3.05) is 18.0 Å². The number of nitrogens with zero attached hydrogens (tertiary/aromatic N) is 4. The molecule has 3 heterocycles. The molecule has 8 heteroatoms. The predicted molar refractivity (Wildman–Crippen MR) is 105 cm³/mol. The Morgan fingerprint density at radius 1 is 1.21 bits per heavy atom. The molecule has 144 valence electrons. The lowest BCUT2D eigenvalue weighted by atomic mass is 10.1. The first-order valence-corrected chi connectivity index (χ1v) is 9.29. The second-order valence-electron chi connectivity index (χ2n) is 6.79. The minimum Gasteiger partial charge on any atom is -0.459 e. The summed E-state index contributed by atoms with van der Waals surface area (Å²) in [6.45, 7) is 2.40. The number of furan rings is 1. The van der Waals surface area contributed by atoms with Crippen molar-refractivity contribution in [3.8, 4) is 11.3 Å². The van der Waals surface area contributed by atoms with Crippen molar-refractivity contribution in [3.63, 3.8) is 0 Å². The molecular weight excluding hydrogens is 358 g/mol. The molecule has 1 fully saturated rings. The van der Waals surface area contributed by atoms with Crippen molar-refractivity contribution in [1.82, 2.24) is 15.5 Å². The van der Waals surface area contributed by atoms with Gasteiger partial charge in [-0.15, -0.1) is 5.10 Å². The van der Waals surface area contributed by atoms with Crippen LogP contribution >= 0.6 is 0 Å². The van der Waals surface area contributed by atoms with Crippen LogP contribution < -0.4 is 10.2 Å². The van der Waals surface area contributed by atoms with Gasteiger partial charge in [-0.05, 0) is 43.2 Å². The van der Waals surface area contributed by atoms with E-state index in [1.54, 1.807) is 30.5 Å². The van der Waals surface area contributed by atoms with Crippen LogP contribution in [0.2, 0.25) is 0 Å². The largest absolute Gasteiger partial charge is 0.459 e. The Kier molecular flexibility index (Phi) is 5.29. The summed E-state index contributed by atoms with van der Waals surface area (Å²) >= 11 is 0. The Bertz CT molecular complexity index is 944. The lowest BCUT2D eigenvalue weighted by molar-refractivity contribution is -0.384. The molecule has 1 saturated heterocycles. The Morgan fingerprint density at radius 3 is 2.93 bits per heavy atom. The quantitative estimate of drug-likeness (QED) is 0.518. The number of nitro groups is 1. The molecule has 8 nitrogen and oxygen atoms in total. The molecule has 4 rings (SSSR count). The van der Waals surface area contributed by atoms with Crippen molar-refractivity contribution < 1.29 is 9.34 Å². The highest BCUT2D eigenvalue weighted by molar-refractivity contribution is 5.69. The molecule has 1 aromatic carbocycles. The number of hydrogen-bond donors (Lipinski definition) is 1. The summed E-state index contributed by atoms with van der Waals surface area (Å²) in [5.41, 5.74) is 0.536. The van der Waals surface area contributed by atoms with Crippen molar-refractivity contribution in [2.45, 2.75) is 25.4 Å². The third kappa shape index (κ3) is 4.01. The second-order valence-corrected chi connectivity index (χ2v) is 6.79. The van der Waals surface area contributed by atoms with Gasteiger partial charge in [0, 0.05) is 31.4 Å². The highest BCUT2D eigenvalue weighted by atomic mass is 16.6. The van der Waals surface area contributed by atoms with E-state index in [-0.39, 0.29) is 5.69 Å². The van der Waals surface area contributed by atoms with Crippen LogP contribution in [0.1, 0.15) is 18.6 Å². The third-order valence-electron chi connectivity index (χ3n) is 4.90. The standard InChI is InChI=1S/C20H21N5O3/c26-25(27)18-7-2-1-6-17(18)19-10-9-16(28-19)13-21-15-5-4-12-24(14-15)20-8-3-11-22-23-20/h1-3,6-11,15,21H,4-5,12-14H2. The lowest BCUT2D eigenvalue weighted by Gasteiger charge is -2.33. The number of rotatable bonds is 6. The first-order valence-electron chi connectivity index (χ1n) is 9.29. The number of nitrogens with one attached hydrogen (secondary N) is 1. The van der Waals surface area contributed by atoms with Gasteiger partial charge in [-0.2, -0.15) is 5.10 Å². The number of nitro benzene ring substituents is 1. The number of piperidine rings is 1. The smallest absolute Gasteiger partial charge is 0.280 e. The Hall–Kier alpha value is -3.26. The van der Waals surface area contributed by atoms with E-state index in [1.807, 2.05) is 18.2 Å². The van der Waals surface area contributed by atoms with E-state index in [2.05, 4.69) is 20.4 Å². The SMILES string of the molecule is O=[N+]([O-])c1ccccc1-c1ccc(CNC2CCCN(c3cccnn3)C2)o1. The molecule has 3 aromatic rings. The number of para-hydroxylation sites is 1. The van der Waals surface area contributed by atoms with Crippen LogP contribution in [0.5, 0.6) is 0 Å². The van der Waals surface area contributed by atoms with Crippen LogP contribution in [0.25, 0.3) is 11.3 Å². The fraction of sp³-hybridized carbons (Fsp3) is 0.300. The van der Waals surface area contributed by atoms with Crippen LogP contribution in [-0.4, -0.2) is 34.3 Å². The molecule has 1 N–H and O–H groups in total. The number of aromatic nitrogens is 2. The van der Waals surface area contributed by atoms with Gasteiger partial charge in [0.15, 0.2) is 5.82 Å². The topological polar surface area (TPSA) is 97.3 Å². The zero-order chi connectivity index (χ0) is 19.3. The van der Waals surface area contributed by atoms with Gasteiger partial charge in [0.1, 0.15) is 11.5 Å². The average molecular weight is 379 g/mol. The van der Waals surface area contributed by atoms with Gasteiger partial charge in [-0.25, -0.2) is 0 Å². The van der Waals surface area contributed by atoms with Gasteiger partial charge in [-0.1, -0.05) is 12.1 Å². The molecular formula is C20H21N5O3. The minimum absolute atomic E-state index is 0.0447. The van der Waals surface area contributed by atoms with E-state index in [0.29, 0.717) is 23.9 Å². The van der Waals surface area contributed by atoms with Gasteiger partial charge in [-0.3, -0.25) is 10.1 Å². The maximum absolute atomic E-state index is 11.2. The molecule has 1 unspecified atom stereocenters. The van der Waals surface area contributed by atoms with E-state index < -0.39 is 4.92 Å². The first kappa shape index (κ1) is 18.1. The van der Waals surface area contributed by atoms with Crippen LogP contribution in [0, 0.1) is 10.1 Å². The number of anilines is 1. The van der Waals surface area contributed by atoms with Gasteiger partial charge in [0.05, 0.1) is 17.0 Å². The van der Waals surface area contributed by atoms with E-state index in [1.165, 1.54) is 6.07 Å². The fourth-order valence-electron chi connectivity index (χ4n) is 3.52. The summed E-state index contributed by atoms with van der Waals surface area (Å²) < 4.78 is 5.86. The summed E-state index contributed by atoms with van der Waals surface area (Å²) in [5.74, 6) is 2.16. The summed E-state index contributed by atoms with van der Waals surface area (Å²) in [6.07, 6.45) is 3.83. The van der Waals surface area contributed by atoms with Gasteiger partial charge in [0.2, 0.25) is 0 Å². The average Bonchev–Trinajstić information content (AvgIpc) is 3.22. The summed E-state index contributed by atoms with van der Waals surface area (Å²) in [7, 11) is 0. The normalized spacial score (nSPS) is 16.9. The molecule has 1 aliphatic rings. The number of benzene rings is 1. The third-order valence-corrected chi connectivity index (χ3v) is 4.90. The molecule has 28 heavy (non-hydrogen) atoms. The van der Waals surface area contributed by atoms with E-state index in [0.717, 1.165) is 37.5 Å².